The molecule has 1 N–H and O–H groups in total. The quantitative estimate of drug-likeness (QED) is 0.874. The molecule has 0 unspecified atom stereocenters. The van der Waals surface area contributed by atoms with Gasteiger partial charge >= 0.3 is 0 Å². The van der Waals surface area contributed by atoms with Gasteiger partial charge in [-0.2, -0.15) is 0 Å². The maximum Gasteiger partial charge on any atom is 0.233 e. The molecule has 2 heterocycles. The van der Waals surface area contributed by atoms with Gasteiger partial charge in [0.05, 0.1) is 18.0 Å². The molecule has 1 aliphatic carbocycles. The van der Waals surface area contributed by atoms with E-state index in [0.29, 0.717) is 23.6 Å². The molecule has 21 heavy (non-hydrogen) atoms. The van der Waals surface area contributed by atoms with Gasteiger partial charge in [0.25, 0.3) is 0 Å². The van der Waals surface area contributed by atoms with Crippen molar-refractivity contribution in [1.29, 1.82) is 0 Å². The molecule has 114 valence electrons. The lowest BCUT2D eigenvalue weighted by Gasteiger charge is -2.25. The highest BCUT2D eigenvalue weighted by Gasteiger charge is 2.32. The zero-order valence-corrected chi connectivity index (χ0v) is 13.1. The van der Waals surface area contributed by atoms with E-state index in [4.69, 9.17) is 0 Å². The average Bonchev–Trinajstić information content (AvgIpc) is 3.37. The number of nitrogens with one attached hydrogen (secondary N) is 1. The van der Waals surface area contributed by atoms with Crippen LogP contribution in [0.15, 0.2) is 24.4 Å². The van der Waals surface area contributed by atoms with E-state index in [2.05, 4.69) is 10.3 Å². The Balaban J connectivity index is 1.52. The fourth-order valence-corrected chi connectivity index (χ4v) is 3.82. The first-order valence-electron chi connectivity index (χ1n) is 7.84. The summed E-state index contributed by atoms with van der Waals surface area (Å²) in [4.78, 5) is 18.9. The van der Waals surface area contributed by atoms with Crippen molar-refractivity contribution >= 4 is 17.7 Å². The Morgan fingerprint density at radius 2 is 2.10 bits per heavy atom. The third-order valence-corrected chi connectivity index (χ3v) is 5.45. The summed E-state index contributed by atoms with van der Waals surface area (Å²) < 4.78 is 0. The van der Waals surface area contributed by atoms with Gasteiger partial charge < -0.3 is 10.2 Å². The Kier molecular flexibility index (Phi) is 5.14. The summed E-state index contributed by atoms with van der Waals surface area (Å²) in [5.74, 6) is 0.903. The van der Waals surface area contributed by atoms with Crippen molar-refractivity contribution in [3.8, 4) is 0 Å². The minimum Gasteiger partial charge on any atom is -0.333 e. The minimum absolute atomic E-state index is 0.284. The van der Waals surface area contributed by atoms with Crippen LogP contribution in [0.4, 0.5) is 0 Å². The molecule has 0 bridgehead atoms. The molecule has 2 aliphatic rings. The first-order valence-corrected chi connectivity index (χ1v) is 8.89. The van der Waals surface area contributed by atoms with Gasteiger partial charge in [0.2, 0.25) is 5.91 Å². The fourth-order valence-electron chi connectivity index (χ4n) is 2.71. The van der Waals surface area contributed by atoms with E-state index in [1.54, 1.807) is 6.20 Å². The van der Waals surface area contributed by atoms with Crippen LogP contribution in [0.2, 0.25) is 0 Å². The van der Waals surface area contributed by atoms with Crippen LogP contribution in [-0.2, 0) is 11.3 Å². The van der Waals surface area contributed by atoms with Crippen molar-refractivity contribution in [3.05, 3.63) is 30.1 Å². The largest absolute Gasteiger partial charge is 0.333 e. The van der Waals surface area contributed by atoms with E-state index in [9.17, 15) is 4.79 Å². The lowest BCUT2D eigenvalue weighted by molar-refractivity contribution is -0.129. The standard InChI is InChI=1S/C16H23N3OS/c20-16(12-21-15-6-9-17-10-7-15)19(14-4-5-14)11-13-3-1-2-8-18-13/h1-3,8,14-15,17H,4-7,9-12H2. The maximum absolute atomic E-state index is 12.5. The number of hydrogen-bond donors (Lipinski definition) is 1. The van der Waals surface area contributed by atoms with E-state index in [1.165, 1.54) is 12.8 Å². The summed E-state index contributed by atoms with van der Waals surface area (Å²) in [6, 6.07) is 6.36. The summed E-state index contributed by atoms with van der Waals surface area (Å²) in [5, 5.41) is 4.01. The molecule has 1 amide bonds. The zero-order valence-electron chi connectivity index (χ0n) is 12.3. The highest BCUT2D eigenvalue weighted by molar-refractivity contribution is 8.00. The molecule has 0 atom stereocenters. The summed E-state index contributed by atoms with van der Waals surface area (Å²) in [5.41, 5.74) is 0.990. The smallest absolute Gasteiger partial charge is 0.233 e. The SMILES string of the molecule is O=C(CSC1CCNCC1)N(Cc1ccccn1)C1CC1. The topological polar surface area (TPSA) is 45.2 Å². The number of nitrogens with zero attached hydrogens (tertiary/aromatic N) is 2. The Bertz CT molecular complexity index is 458. The monoisotopic (exact) mass is 305 g/mol. The third kappa shape index (κ3) is 4.45. The number of carbonyl (C=O) groups is 1. The molecular weight excluding hydrogens is 282 g/mol. The second kappa shape index (κ2) is 7.27. The van der Waals surface area contributed by atoms with Crippen LogP contribution < -0.4 is 5.32 Å². The Morgan fingerprint density at radius 3 is 2.76 bits per heavy atom. The summed E-state index contributed by atoms with van der Waals surface area (Å²) in [6.45, 7) is 2.84. The Labute approximate surface area is 130 Å². The Hall–Kier alpha value is -1.07. The lowest BCUT2D eigenvalue weighted by Crippen LogP contribution is -2.35. The van der Waals surface area contributed by atoms with Gasteiger partial charge in [-0.15, -0.1) is 11.8 Å². The molecule has 1 aliphatic heterocycles. The molecule has 0 radical (unpaired) electrons. The van der Waals surface area contributed by atoms with Crippen LogP contribution >= 0.6 is 11.8 Å². The summed E-state index contributed by atoms with van der Waals surface area (Å²) in [6.07, 6.45) is 6.46. The predicted molar refractivity (Wildman–Crippen MR) is 86.2 cm³/mol. The summed E-state index contributed by atoms with van der Waals surface area (Å²) >= 11 is 1.84. The van der Waals surface area contributed by atoms with E-state index in [1.807, 2.05) is 34.9 Å². The zero-order chi connectivity index (χ0) is 14.5. The second-order valence-electron chi connectivity index (χ2n) is 5.83. The van der Waals surface area contributed by atoms with Crippen LogP contribution in [0.3, 0.4) is 0 Å². The average molecular weight is 305 g/mol. The minimum atomic E-state index is 0.284. The first-order chi connectivity index (χ1) is 10.3. The predicted octanol–water partition coefficient (Wildman–Crippen LogP) is 2.06. The summed E-state index contributed by atoms with van der Waals surface area (Å²) in [7, 11) is 0. The van der Waals surface area contributed by atoms with Gasteiger partial charge in [0.1, 0.15) is 0 Å². The molecule has 3 rings (SSSR count). The van der Waals surface area contributed by atoms with Gasteiger partial charge in [-0.3, -0.25) is 9.78 Å². The van der Waals surface area contributed by atoms with Crippen molar-refractivity contribution in [3.63, 3.8) is 0 Å². The molecule has 2 fully saturated rings. The molecule has 1 saturated carbocycles. The molecule has 1 saturated heterocycles. The number of piperidine rings is 1. The lowest BCUT2D eigenvalue weighted by atomic mass is 10.2. The number of hydrogen-bond acceptors (Lipinski definition) is 4. The van der Waals surface area contributed by atoms with Gasteiger partial charge in [-0.05, 0) is 50.9 Å². The van der Waals surface area contributed by atoms with E-state index in [-0.39, 0.29) is 5.91 Å². The molecule has 0 aromatic carbocycles. The van der Waals surface area contributed by atoms with E-state index < -0.39 is 0 Å². The van der Waals surface area contributed by atoms with E-state index in [0.717, 1.165) is 31.6 Å². The number of rotatable bonds is 6. The number of thioether (sulfide) groups is 1. The molecule has 5 heteroatoms. The number of carbonyl (C=O) groups excluding carboxylic acids is 1. The van der Waals surface area contributed by atoms with E-state index >= 15 is 0 Å². The Morgan fingerprint density at radius 1 is 1.29 bits per heavy atom. The van der Waals surface area contributed by atoms with Crippen LogP contribution in [-0.4, -0.2) is 45.9 Å². The van der Waals surface area contributed by atoms with Gasteiger partial charge in [0.15, 0.2) is 0 Å². The van der Waals surface area contributed by atoms with Crippen LogP contribution in [0.25, 0.3) is 0 Å². The van der Waals surface area contributed by atoms with Crippen molar-refractivity contribution < 1.29 is 4.79 Å². The first kappa shape index (κ1) is 14.9. The molecule has 1 aromatic heterocycles. The van der Waals surface area contributed by atoms with Gasteiger partial charge in [0, 0.05) is 17.5 Å². The molecular formula is C16H23N3OS. The van der Waals surface area contributed by atoms with Crippen molar-refractivity contribution in [2.45, 2.75) is 43.5 Å². The molecule has 0 spiro atoms. The van der Waals surface area contributed by atoms with Crippen molar-refractivity contribution in [2.75, 3.05) is 18.8 Å². The normalized spacial score (nSPS) is 19.4. The third-order valence-electron chi connectivity index (χ3n) is 4.10. The number of amides is 1. The van der Waals surface area contributed by atoms with Crippen molar-refractivity contribution in [1.82, 2.24) is 15.2 Å². The molecule has 4 nitrogen and oxygen atoms in total. The highest BCUT2D eigenvalue weighted by atomic mass is 32.2. The molecule has 1 aromatic rings. The van der Waals surface area contributed by atoms with Crippen molar-refractivity contribution in [2.24, 2.45) is 0 Å². The second-order valence-corrected chi connectivity index (χ2v) is 7.12. The van der Waals surface area contributed by atoms with Crippen LogP contribution in [0.5, 0.6) is 0 Å². The van der Waals surface area contributed by atoms with Gasteiger partial charge in [-0.1, -0.05) is 6.07 Å². The fraction of sp³-hybridized carbons (Fsp3) is 0.625. The maximum atomic E-state index is 12.5. The highest BCUT2D eigenvalue weighted by Crippen LogP contribution is 2.29. The number of pyridine rings is 1. The number of aromatic nitrogens is 1. The van der Waals surface area contributed by atoms with Crippen LogP contribution in [0.1, 0.15) is 31.4 Å². The van der Waals surface area contributed by atoms with Gasteiger partial charge in [-0.25, -0.2) is 0 Å². The van der Waals surface area contributed by atoms with Crippen LogP contribution in [0, 0.1) is 0 Å².